The second-order valence-electron chi connectivity index (χ2n) is 5.41. The number of carbonyl (C=O) groups excluding carboxylic acids is 1. The minimum absolute atomic E-state index is 0.00878. The molecule has 3 rings (SSSR count). The van der Waals surface area contributed by atoms with Crippen LogP contribution in [0.25, 0.3) is 0 Å². The highest BCUT2D eigenvalue weighted by Gasteiger charge is 2.31. The topological polar surface area (TPSA) is 93.9 Å². The number of anilines is 2. The second kappa shape index (κ2) is 6.25. The van der Waals surface area contributed by atoms with Gasteiger partial charge >= 0.3 is 0 Å². The molecule has 0 spiro atoms. The van der Waals surface area contributed by atoms with Gasteiger partial charge in [0.1, 0.15) is 5.69 Å². The van der Waals surface area contributed by atoms with Gasteiger partial charge in [-0.3, -0.25) is 14.9 Å². The Hall–Kier alpha value is -2.61. The summed E-state index contributed by atoms with van der Waals surface area (Å²) in [5.41, 5.74) is 0.880. The zero-order chi connectivity index (χ0) is 16.4. The largest absolute Gasteiger partial charge is 0.481 e. The number of fused-ring (bicyclic) bond motifs is 1. The smallest absolute Gasteiger partial charge is 0.296 e. The molecule has 1 amide bonds. The third-order valence-electron chi connectivity index (χ3n) is 3.84. The molecule has 23 heavy (non-hydrogen) atoms. The van der Waals surface area contributed by atoms with Gasteiger partial charge in [-0.15, -0.1) is 6.58 Å². The molecule has 8 heteroatoms. The first-order chi connectivity index (χ1) is 11.1. The summed E-state index contributed by atoms with van der Waals surface area (Å²) in [6, 6.07) is 2.96. The number of nitrogens with zero attached hydrogens (tertiary/aromatic N) is 2. The van der Waals surface area contributed by atoms with Gasteiger partial charge in [0.2, 0.25) is 0 Å². The molecule has 2 aliphatic rings. The lowest BCUT2D eigenvalue weighted by Gasteiger charge is -2.23. The van der Waals surface area contributed by atoms with Crippen LogP contribution in [0.1, 0.15) is 6.42 Å². The summed E-state index contributed by atoms with van der Waals surface area (Å²) < 4.78 is 10.9. The van der Waals surface area contributed by atoms with Crippen molar-refractivity contribution in [1.29, 1.82) is 0 Å². The normalized spacial score (nSPS) is 19.7. The van der Waals surface area contributed by atoms with E-state index in [0.29, 0.717) is 36.8 Å². The molecule has 0 bridgehead atoms. The predicted octanol–water partition coefficient (Wildman–Crippen LogP) is 1.71. The zero-order valence-electron chi connectivity index (χ0n) is 12.5. The molecule has 1 fully saturated rings. The van der Waals surface area contributed by atoms with Gasteiger partial charge in [0, 0.05) is 13.1 Å². The molecule has 0 aliphatic carbocycles. The van der Waals surface area contributed by atoms with E-state index in [9.17, 15) is 14.9 Å². The summed E-state index contributed by atoms with van der Waals surface area (Å²) in [5, 5.41) is 14.1. The molecular formula is C15H17N3O5. The van der Waals surface area contributed by atoms with Crippen LogP contribution in [-0.4, -0.2) is 43.2 Å². The van der Waals surface area contributed by atoms with Gasteiger partial charge in [-0.1, -0.05) is 6.08 Å². The van der Waals surface area contributed by atoms with Crippen LogP contribution in [0.15, 0.2) is 24.8 Å². The average Bonchev–Trinajstić information content (AvgIpc) is 3.00. The van der Waals surface area contributed by atoms with E-state index in [1.807, 2.05) is 4.90 Å². The van der Waals surface area contributed by atoms with E-state index in [1.54, 1.807) is 12.1 Å². The van der Waals surface area contributed by atoms with Crippen LogP contribution in [0.5, 0.6) is 5.75 Å². The second-order valence-corrected chi connectivity index (χ2v) is 5.41. The predicted molar refractivity (Wildman–Crippen MR) is 84.0 cm³/mol. The van der Waals surface area contributed by atoms with Crippen molar-refractivity contribution in [2.24, 2.45) is 0 Å². The van der Waals surface area contributed by atoms with Gasteiger partial charge in [0.15, 0.2) is 12.4 Å². The molecule has 2 aliphatic heterocycles. The van der Waals surface area contributed by atoms with Crippen LogP contribution in [-0.2, 0) is 9.53 Å². The van der Waals surface area contributed by atoms with Gasteiger partial charge in [-0.2, -0.15) is 0 Å². The van der Waals surface area contributed by atoms with Crippen LogP contribution >= 0.6 is 0 Å². The molecule has 0 radical (unpaired) electrons. The molecule has 122 valence electrons. The number of benzene rings is 1. The minimum Gasteiger partial charge on any atom is -0.481 e. The number of hydrogen-bond acceptors (Lipinski definition) is 6. The number of nitro groups is 1. The third kappa shape index (κ3) is 3.11. The lowest BCUT2D eigenvalue weighted by molar-refractivity contribution is -0.384. The van der Waals surface area contributed by atoms with E-state index < -0.39 is 4.92 Å². The summed E-state index contributed by atoms with van der Waals surface area (Å²) in [4.78, 5) is 24.3. The fourth-order valence-electron chi connectivity index (χ4n) is 2.79. The first kappa shape index (κ1) is 15.3. The Balaban J connectivity index is 1.88. The molecule has 1 unspecified atom stereocenters. The Bertz CT molecular complexity index is 661. The lowest BCUT2D eigenvalue weighted by atomic mass is 10.2. The van der Waals surface area contributed by atoms with Crippen molar-refractivity contribution in [2.75, 3.05) is 36.5 Å². The summed E-state index contributed by atoms with van der Waals surface area (Å²) >= 11 is 0. The standard InChI is InChI=1S/C15H17N3O5/c1-2-5-22-10-3-4-17(8-10)12-6-11-14(7-13(12)18(20)21)23-9-15(19)16-11/h2,6-7,10H,1,3-5,8-9H2,(H,16,19). The quantitative estimate of drug-likeness (QED) is 0.504. The SMILES string of the molecule is C=CCOC1CCN(c2cc3c(cc2[N+](=O)[O-])OCC(=O)N3)C1. The number of nitro benzene ring substituents is 1. The minimum atomic E-state index is -0.437. The van der Waals surface area contributed by atoms with Gasteiger partial charge in [0.25, 0.3) is 11.6 Å². The Morgan fingerprint density at radius 2 is 2.39 bits per heavy atom. The first-order valence-electron chi connectivity index (χ1n) is 7.31. The molecule has 8 nitrogen and oxygen atoms in total. The molecular weight excluding hydrogens is 302 g/mol. The molecule has 1 saturated heterocycles. The molecule has 1 N–H and O–H groups in total. The van der Waals surface area contributed by atoms with Gasteiger partial charge in [-0.05, 0) is 12.5 Å². The Labute approximate surface area is 132 Å². The van der Waals surface area contributed by atoms with E-state index in [-0.39, 0.29) is 24.3 Å². The monoisotopic (exact) mass is 319 g/mol. The lowest BCUT2D eigenvalue weighted by Crippen LogP contribution is -2.27. The Morgan fingerprint density at radius 3 is 3.13 bits per heavy atom. The van der Waals surface area contributed by atoms with Crippen molar-refractivity contribution >= 4 is 23.0 Å². The van der Waals surface area contributed by atoms with Crippen LogP contribution < -0.4 is 15.0 Å². The van der Waals surface area contributed by atoms with Crippen molar-refractivity contribution < 1.29 is 19.2 Å². The number of rotatable bonds is 5. The summed E-state index contributed by atoms with van der Waals surface area (Å²) in [7, 11) is 0. The van der Waals surface area contributed by atoms with E-state index in [1.165, 1.54) is 6.07 Å². The highest BCUT2D eigenvalue weighted by molar-refractivity contribution is 5.97. The van der Waals surface area contributed by atoms with Crippen LogP contribution in [0.3, 0.4) is 0 Å². The van der Waals surface area contributed by atoms with Crippen molar-refractivity contribution in [3.8, 4) is 5.75 Å². The zero-order valence-corrected chi connectivity index (χ0v) is 12.5. The van der Waals surface area contributed by atoms with Crippen LogP contribution in [0.4, 0.5) is 17.1 Å². The maximum atomic E-state index is 11.4. The van der Waals surface area contributed by atoms with Crippen molar-refractivity contribution in [1.82, 2.24) is 0 Å². The van der Waals surface area contributed by atoms with Gasteiger partial charge < -0.3 is 19.7 Å². The molecule has 2 heterocycles. The van der Waals surface area contributed by atoms with Crippen molar-refractivity contribution in [3.05, 3.63) is 34.9 Å². The van der Waals surface area contributed by atoms with Crippen LogP contribution in [0, 0.1) is 10.1 Å². The van der Waals surface area contributed by atoms with Crippen molar-refractivity contribution in [3.63, 3.8) is 0 Å². The number of hydrogen-bond donors (Lipinski definition) is 1. The Morgan fingerprint density at radius 1 is 1.57 bits per heavy atom. The molecule has 1 aromatic carbocycles. The molecule has 0 aromatic heterocycles. The average molecular weight is 319 g/mol. The number of amides is 1. The highest BCUT2D eigenvalue weighted by atomic mass is 16.6. The van der Waals surface area contributed by atoms with E-state index >= 15 is 0 Å². The van der Waals surface area contributed by atoms with E-state index in [4.69, 9.17) is 9.47 Å². The Kier molecular flexibility index (Phi) is 4.16. The number of nitrogens with one attached hydrogen (secondary N) is 1. The van der Waals surface area contributed by atoms with Gasteiger partial charge in [-0.25, -0.2) is 0 Å². The van der Waals surface area contributed by atoms with Gasteiger partial charge in [0.05, 0.1) is 29.4 Å². The molecule has 1 atom stereocenters. The number of carbonyl (C=O) groups is 1. The van der Waals surface area contributed by atoms with E-state index in [0.717, 1.165) is 6.42 Å². The van der Waals surface area contributed by atoms with Crippen molar-refractivity contribution in [2.45, 2.75) is 12.5 Å². The number of ether oxygens (including phenoxy) is 2. The third-order valence-corrected chi connectivity index (χ3v) is 3.84. The maximum Gasteiger partial charge on any atom is 0.296 e. The fraction of sp³-hybridized carbons (Fsp3) is 0.400. The van der Waals surface area contributed by atoms with E-state index in [2.05, 4.69) is 11.9 Å². The first-order valence-corrected chi connectivity index (χ1v) is 7.31. The highest BCUT2D eigenvalue weighted by Crippen LogP contribution is 2.40. The molecule has 1 aromatic rings. The summed E-state index contributed by atoms with van der Waals surface area (Å²) in [6.07, 6.45) is 2.47. The maximum absolute atomic E-state index is 11.4. The fourth-order valence-corrected chi connectivity index (χ4v) is 2.79. The van der Waals surface area contributed by atoms with Crippen LogP contribution in [0.2, 0.25) is 0 Å². The summed E-state index contributed by atoms with van der Waals surface area (Å²) in [5.74, 6) is 0.0459. The molecule has 0 saturated carbocycles. The summed E-state index contributed by atoms with van der Waals surface area (Å²) in [6.45, 7) is 5.14.